The van der Waals surface area contributed by atoms with E-state index in [2.05, 4.69) is 5.32 Å². The van der Waals surface area contributed by atoms with Crippen LogP contribution in [0.15, 0.2) is 36.4 Å². The highest BCUT2D eigenvalue weighted by Crippen LogP contribution is 2.51. The molecule has 0 saturated heterocycles. The molecule has 1 N–H and O–H groups in total. The van der Waals surface area contributed by atoms with Crippen LogP contribution in [0, 0.1) is 0 Å². The number of fused-ring (bicyclic) bond motifs is 2. The topological polar surface area (TPSA) is 100 Å². The van der Waals surface area contributed by atoms with Crippen molar-refractivity contribution in [2.24, 2.45) is 0 Å². The lowest BCUT2D eigenvalue weighted by atomic mass is 9.97. The van der Waals surface area contributed by atoms with Crippen LogP contribution in [0.3, 0.4) is 0 Å². The minimum absolute atomic E-state index is 0.0222. The fourth-order valence-electron chi connectivity index (χ4n) is 3.97. The van der Waals surface area contributed by atoms with E-state index >= 15 is 0 Å². The van der Waals surface area contributed by atoms with Gasteiger partial charge in [-0.1, -0.05) is 12.1 Å². The first-order chi connectivity index (χ1) is 16.3. The van der Waals surface area contributed by atoms with Crippen LogP contribution >= 0.6 is 19.4 Å². The van der Waals surface area contributed by atoms with Gasteiger partial charge in [0.05, 0.1) is 29.9 Å². The predicted octanol–water partition coefficient (Wildman–Crippen LogP) is 5.05. The molecule has 34 heavy (non-hydrogen) atoms. The van der Waals surface area contributed by atoms with Gasteiger partial charge in [0.1, 0.15) is 0 Å². The number of carbonyl (C=O) groups excluding carboxylic acids is 2. The third-order valence-corrected chi connectivity index (χ3v) is 8.94. The van der Waals surface area contributed by atoms with Gasteiger partial charge < -0.3 is 23.8 Å². The normalized spacial score (nSPS) is 19.4. The Balaban J connectivity index is 1.46. The second kappa shape index (κ2) is 10.5. The summed E-state index contributed by atoms with van der Waals surface area (Å²) in [5.74, 6) is 0.950. The van der Waals surface area contributed by atoms with E-state index in [1.165, 1.54) is 11.8 Å². The zero-order valence-electron chi connectivity index (χ0n) is 19.4. The summed E-state index contributed by atoms with van der Waals surface area (Å²) in [6.45, 7) is 6.10. The molecule has 0 unspecified atom stereocenters. The lowest BCUT2D eigenvalue weighted by Crippen LogP contribution is -2.28. The molecule has 2 aromatic rings. The van der Waals surface area contributed by atoms with Crippen molar-refractivity contribution < 1.29 is 32.7 Å². The molecule has 10 heteroatoms. The van der Waals surface area contributed by atoms with Gasteiger partial charge >= 0.3 is 7.60 Å². The molecule has 0 aromatic heterocycles. The summed E-state index contributed by atoms with van der Waals surface area (Å²) in [6, 6.07) is 10.6. The molecule has 2 aliphatic heterocycles. The molecular formula is C24H28NO7PS. The van der Waals surface area contributed by atoms with E-state index in [4.69, 9.17) is 18.5 Å². The van der Waals surface area contributed by atoms with Gasteiger partial charge in [0.25, 0.3) is 0 Å². The Morgan fingerprint density at radius 1 is 1.12 bits per heavy atom. The van der Waals surface area contributed by atoms with Crippen molar-refractivity contribution in [1.29, 1.82) is 0 Å². The van der Waals surface area contributed by atoms with Crippen molar-refractivity contribution in [2.75, 3.05) is 25.3 Å². The van der Waals surface area contributed by atoms with Crippen molar-refractivity contribution in [3.8, 4) is 11.5 Å². The Bertz CT molecular complexity index is 1110. The summed E-state index contributed by atoms with van der Waals surface area (Å²) in [4.78, 5) is 26.0. The summed E-state index contributed by atoms with van der Waals surface area (Å²) < 4.78 is 34.3. The number of hydrogen-bond donors (Lipinski definition) is 1. The number of Topliss-reactive ketones (excluding diaryl/α,β-unsaturated/α-hetero) is 1. The van der Waals surface area contributed by atoms with E-state index < -0.39 is 12.8 Å². The Labute approximate surface area is 203 Å². The van der Waals surface area contributed by atoms with Crippen LogP contribution in [0.5, 0.6) is 11.5 Å². The van der Waals surface area contributed by atoms with Gasteiger partial charge in [-0.15, -0.1) is 11.8 Å². The number of anilines is 1. The largest absolute Gasteiger partial charge is 0.454 e. The SMILES string of the molecule is CCOP(=O)(Cc1ccc(NC(=O)[C@H]2Cc3cc4c(cc3C(=O)[C@@H](C)S2)OCO4)cc1)OCC. The van der Waals surface area contributed by atoms with E-state index in [1.54, 1.807) is 50.2 Å². The summed E-state index contributed by atoms with van der Waals surface area (Å²) in [5.41, 5.74) is 2.77. The fourth-order valence-corrected chi connectivity index (χ4v) is 6.88. The predicted molar refractivity (Wildman–Crippen MR) is 131 cm³/mol. The highest BCUT2D eigenvalue weighted by Gasteiger charge is 2.34. The molecule has 0 saturated carbocycles. The van der Waals surface area contributed by atoms with E-state index in [-0.39, 0.29) is 29.9 Å². The van der Waals surface area contributed by atoms with Crippen LogP contribution in [-0.2, 0) is 31.0 Å². The molecule has 2 atom stereocenters. The lowest BCUT2D eigenvalue weighted by molar-refractivity contribution is -0.115. The maximum Gasteiger partial charge on any atom is 0.335 e. The van der Waals surface area contributed by atoms with Gasteiger partial charge in [-0.25, -0.2) is 0 Å². The van der Waals surface area contributed by atoms with Crippen LogP contribution in [0.4, 0.5) is 5.69 Å². The second-order valence-corrected chi connectivity index (χ2v) is 11.6. The van der Waals surface area contributed by atoms with Crippen molar-refractivity contribution in [2.45, 2.75) is 43.9 Å². The highest BCUT2D eigenvalue weighted by molar-refractivity contribution is 8.02. The molecule has 2 aliphatic rings. The van der Waals surface area contributed by atoms with E-state index in [1.807, 2.05) is 6.92 Å². The molecule has 2 heterocycles. The molecule has 0 radical (unpaired) electrons. The number of ether oxygens (including phenoxy) is 2. The van der Waals surface area contributed by atoms with E-state index in [9.17, 15) is 14.2 Å². The number of rotatable bonds is 8. The third-order valence-electron chi connectivity index (χ3n) is 5.55. The molecule has 182 valence electrons. The molecule has 4 rings (SSSR count). The van der Waals surface area contributed by atoms with Crippen molar-refractivity contribution in [3.63, 3.8) is 0 Å². The standard InChI is InChI=1S/C24H28NO7PS/c1-4-31-33(28,32-5-2)13-16-6-8-18(9-7-16)25-24(27)22-11-17-10-20-21(30-14-29-20)12-19(17)23(26)15(3)34-22/h6-10,12,15,22H,4-5,11,13-14H2,1-3H3,(H,25,27)/t15-,22-/m1/s1. The van der Waals surface area contributed by atoms with Gasteiger partial charge in [0.2, 0.25) is 12.7 Å². The first-order valence-corrected chi connectivity index (χ1v) is 13.9. The van der Waals surface area contributed by atoms with Crippen LogP contribution < -0.4 is 14.8 Å². The molecule has 2 aromatic carbocycles. The summed E-state index contributed by atoms with van der Waals surface area (Å²) in [6.07, 6.45) is 0.566. The zero-order valence-corrected chi connectivity index (χ0v) is 21.1. The van der Waals surface area contributed by atoms with E-state index in [0.717, 1.165) is 11.1 Å². The Hall–Kier alpha value is -2.32. The Morgan fingerprint density at radius 2 is 1.76 bits per heavy atom. The van der Waals surface area contributed by atoms with Gasteiger partial charge in [-0.05, 0) is 62.6 Å². The van der Waals surface area contributed by atoms with Crippen molar-refractivity contribution >= 4 is 36.7 Å². The van der Waals surface area contributed by atoms with E-state index in [0.29, 0.717) is 42.4 Å². The third kappa shape index (κ3) is 5.49. The van der Waals surface area contributed by atoms with Gasteiger partial charge in [0.15, 0.2) is 17.3 Å². The van der Waals surface area contributed by atoms with Gasteiger partial charge in [-0.2, -0.15) is 0 Å². The maximum atomic E-state index is 13.1. The molecule has 0 bridgehead atoms. The molecule has 0 aliphatic carbocycles. The summed E-state index contributed by atoms with van der Waals surface area (Å²) in [5, 5.41) is 2.12. The van der Waals surface area contributed by atoms with Crippen molar-refractivity contribution in [1.82, 2.24) is 0 Å². The number of amides is 1. The van der Waals surface area contributed by atoms with Gasteiger partial charge in [0, 0.05) is 11.3 Å². The average molecular weight is 506 g/mol. The summed E-state index contributed by atoms with van der Waals surface area (Å²) >= 11 is 1.35. The van der Waals surface area contributed by atoms with Crippen LogP contribution in [-0.4, -0.2) is 42.2 Å². The molecule has 8 nitrogen and oxygen atoms in total. The number of carbonyl (C=O) groups is 2. The first kappa shape index (κ1) is 24.8. The minimum atomic E-state index is -3.20. The van der Waals surface area contributed by atoms with Crippen LogP contribution in [0.2, 0.25) is 0 Å². The smallest absolute Gasteiger partial charge is 0.335 e. The number of ketones is 1. The second-order valence-electron chi connectivity index (χ2n) is 7.99. The Kier molecular flexibility index (Phi) is 7.67. The monoisotopic (exact) mass is 505 g/mol. The average Bonchev–Trinajstić information content (AvgIpc) is 3.21. The molecule has 0 fully saturated rings. The maximum absolute atomic E-state index is 13.1. The molecular weight excluding hydrogens is 477 g/mol. The number of benzene rings is 2. The fraction of sp³-hybridized carbons (Fsp3) is 0.417. The lowest BCUT2D eigenvalue weighted by Gasteiger charge is -2.18. The highest BCUT2D eigenvalue weighted by atomic mass is 32.2. The summed E-state index contributed by atoms with van der Waals surface area (Å²) in [7, 11) is -3.20. The van der Waals surface area contributed by atoms with Crippen molar-refractivity contribution in [3.05, 3.63) is 53.1 Å². The first-order valence-electron chi connectivity index (χ1n) is 11.2. The quantitative estimate of drug-likeness (QED) is 0.498. The number of hydrogen-bond acceptors (Lipinski definition) is 8. The number of thioether (sulfide) groups is 1. The number of nitrogens with one attached hydrogen (secondary N) is 1. The Morgan fingerprint density at radius 3 is 2.41 bits per heavy atom. The van der Waals surface area contributed by atoms with Crippen LogP contribution in [0.1, 0.15) is 42.3 Å². The molecule has 0 spiro atoms. The van der Waals surface area contributed by atoms with Gasteiger partial charge in [-0.3, -0.25) is 14.2 Å². The minimum Gasteiger partial charge on any atom is -0.454 e. The molecule has 1 amide bonds. The zero-order chi connectivity index (χ0) is 24.3. The van der Waals surface area contributed by atoms with Crippen LogP contribution in [0.25, 0.3) is 0 Å².